The summed E-state index contributed by atoms with van der Waals surface area (Å²) in [6, 6.07) is 16.9. The fourth-order valence-electron chi connectivity index (χ4n) is 2.07. The Bertz CT molecular complexity index is 653. The first kappa shape index (κ1) is 13.8. The van der Waals surface area contributed by atoms with Crippen LogP contribution in [-0.2, 0) is 0 Å². The van der Waals surface area contributed by atoms with Gasteiger partial charge in [0.1, 0.15) is 0 Å². The van der Waals surface area contributed by atoms with Gasteiger partial charge in [-0.25, -0.2) is 0 Å². The van der Waals surface area contributed by atoms with Gasteiger partial charge in [0.15, 0.2) is 5.78 Å². The average Bonchev–Trinajstić information content (AvgIpc) is 2.47. The minimum atomic E-state index is 0.0926. The first-order valence-electron chi connectivity index (χ1n) is 6.42. The number of Topliss-reactive ketones (excluding diaryl/α,β-unsaturated/α-hetero) is 1. The molecule has 0 spiro atoms. The van der Waals surface area contributed by atoms with Crippen LogP contribution in [0.25, 0.3) is 0 Å². The zero-order chi connectivity index (χ0) is 14.5. The fourth-order valence-corrected chi connectivity index (χ4v) is 2.07. The van der Waals surface area contributed by atoms with Crippen LogP contribution in [0, 0.1) is 18.3 Å². The molecule has 2 rings (SSSR count). The van der Waals surface area contributed by atoms with Crippen molar-refractivity contribution in [3.05, 3.63) is 65.2 Å². The van der Waals surface area contributed by atoms with Crippen molar-refractivity contribution in [3.8, 4) is 6.07 Å². The van der Waals surface area contributed by atoms with Crippen LogP contribution in [0.5, 0.6) is 0 Å². The second-order valence-corrected chi connectivity index (χ2v) is 4.75. The maximum Gasteiger partial charge on any atom is 0.182 e. The molecule has 3 nitrogen and oxygen atoms in total. The lowest BCUT2D eigenvalue weighted by molar-refractivity contribution is 0.1000. The van der Waals surface area contributed by atoms with Crippen molar-refractivity contribution < 1.29 is 4.79 Å². The summed E-state index contributed by atoms with van der Waals surface area (Å²) in [4.78, 5) is 14.2. The Labute approximate surface area is 119 Å². The van der Waals surface area contributed by atoms with Gasteiger partial charge in [0, 0.05) is 18.3 Å². The Morgan fingerprint density at radius 2 is 1.80 bits per heavy atom. The second-order valence-electron chi connectivity index (χ2n) is 4.75. The summed E-state index contributed by atoms with van der Waals surface area (Å²) in [5, 5.41) is 8.77. The summed E-state index contributed by atoms with van der Waals surface area (Å²) in [5.41, 5.74) is 3.29. The quantitative estimate of drug-likeness (QED) is 0.797. The van der Waals surface area contributed by atoms with Crippen molar-refractivity contribution in [2.24, 2.45) is 0 Å². The van der Waals surface area contributed by atoms with Crippen LogP contribution < -0.4 is 4.90 Å². The van der Waals surface area contributed by atoms with Gasteiger partial charge >= 0.3 is 0 Å². The van der Waals surface area contributed by atoms with E-state index >= 15 is 0 Å². The number of aryl methyl sites for hydroxylation is 1. The Morgan fingerprint density at radius 3 is 2.40 bits per heavy atom. The summed E-state index contributed by atoms with van der Waals surface area (Å²) < 4.78 is 0. The normalized spacial score (nSPS) is 9.85. The SMILES string of the molecule is Cc1ccccc1C(=O)CN(C)c1ccc(C#N)cc1. The van der Waals surface area contributed by atoms with E-state index in [1.54, 1.807) is 12.1 Å². The van der Waals surface area contributed by atoms with E-state index in [1.807, 2.05) is 55.3 Å². The molecule has 2 aromatic carbocycles. The zero-order valence-electron chi connectivity index (χ0n) is 11.6. The number of benzene rings is 2. The van der Waals surface area contributed by atoms with Crippen LogP contribution in [0.1, 0.15) is 21.5 Å². The Morgan fingerprint density at radius 1 is 1.15 bits per heavy atom. The third-order valence-electron chi connectivity index (χ3n) is 3.26. The van der Waals surface area contributed by atoms with Gasteiger partial charge in [-0.1, -0.05) is 24.3 Å². The highest BCUT2D eigenvalue weighted by Gasteiger charge is 2.11. The lowest BCUT2D eigenvalue weighted by Gasteiger charge is -2.19. The molecular weight excluding hydrogens is 248 g/mol. The monoisotopic (exact) mass is 264 g/mol. The molecule has 2 aromatic rings. The number of likely N-dealkylation sites (N-methyl/N-ethyl adjacent to an activating group) is 1. The number of hydrogen-bond acceptors (Lipinski definition) is 3. The summed E-state index contributed by atoms with van der Waals surface area (Å²) >= 11 is 0. The Kier molecular flexibility index (Phi) is 4.17. The number of carbonyl (C=O) groups is 1. The Hall–Kier alpha value is -2.60. The smallest absolute Gasteiger partial charge is 0.182 e. The highest BCUT2D eigenvalue weighted by atomic mass is 16.1. The largest absolute Gasteiger partial charge is 0.367 e. The van der Waals surface area contributed by atoms with Crippen LogP contribution in [0.15, 0.2) is 48.5 Å². The molecule has 3 heteroatoms. The predicted molar refractivity (Wildman–Crippen MR) is 79.9 cm³/mol. The van der Waals surface area contributed by atoms with Crippen molar-refractivity contribution in [2.45, 2.75) is 6.92 Å². The highest BCUT2D eigenvalue weighted by Crippen LogP contribution is 2.15. The molecule has 0 saturated heterocycles. The van der Waals surface area contributed by atoms with Crippen LogP contribution in [-0.4, -0.2) is 19.4 Å². The summed E-state index contributed by atoms with van der Waals surface area (Å²) in [6.07, 6.45) is 0. The molecule has 0 unspecified atom stereocenters. The fraction of sp³-hybridized carbons (Fsp3) is 0.176. The number of rotatable bonds is 4. The summed E-state index contributed by atoms with van der Waals surface area (Å²) in [6.45, 7) is 2.26. The van der Waals surface area contributed by atoms with Gasteiger partial charge in [-0.05, 0) is 36.8 Å². The molecule has 0 saturated carbocycles. The average molecular weight is 264 g/mol. The van der Waals surface area contributed by atoms with E-state index in [0.717, 1.165) is 16.8 Å². The molecule has 0 amide bonds. The molecule has 0 heterocycles. The molecule has 0 aliphatic carbocycles. The van der Waals surface area contributed by atoms with E-state index < -0.39 is 0 Å². The molecule has 0 atom stereocenters. The molecule has 0 aliphatic heterocycles. The van der Waals surface area contributed by atoms with Gasteiger partial charge in [0.25, 0.3) is 0 Å². The Balaban J connectivity index is 2.11. The molecule has 100 valence electrons. The lowest BCUT2D eigenvalue weighted by Crippen LogP contribution is -2.26. The van der Waals surface area contributed by atoms with Crippen molar-refractivity contribution in [1.82, 2.24) is 0 Å². The van der Waals surface area contributed by atoms with E-state index in [-0.39, 0.29) is 5.78 Å². The summed E-state index contributed by atoms with van der Waals surface area (Å²) in [5.74, 6) is 0.0926. The van der Waals surface area contributed by atoms with Crippen LogP contribution >= 0.6 is 0 Å². The molecule has 0 aromatic heterocycles. The predicted octanol–water partition coefficient (Wildman–Crippen LogP) is 3.19. The van der Waals surface area contributed by atoms with Gasteiger partial charge in [-0.3, -0.25) is 4.79 Å². The van der Waals surface area contributed by atoms with Crippen molar-refractivity contribution in [1.29, 1.82) is 5.26 Å². The molecule has 0 aliphatic rings. The van der Waals surface area contributed by atoms with Gasteiger partial charge in [-0.2, -0.15) is 5.26 Å². The summed E-state index contributed by atoms with van der Waals surface area (Å²) in [7, 11) is 1.87. The van der Waals surface area contributed by atoms with Crippen LogP contribution in [0.3, 0.4) is 0 Å². The van der Waals surface area contributed by atoms with E-state index in [1.165, 1.54) is 0 Å². The second kappa shape index (κ2) is 6.03. The van der Waals surface area contributed by atoms with Crippen LogP contribution in [0.4, 0.5) is 5.69 Å². The molecular formula is C17H16N2O. The minimum absolute atomic E-state index is 0.0926. The van der Waals surface area contributed by atoms with Crippen molar-refractivity contribution in [2.75, 3.05) is 18.5 Å². The maximum atomic E-state index is 12.3. The van der Waals surface area contributed by atoms with Gasteiger partial charge in [-0.15, -0.1) is 0 Å². The number of anilines is 1. The minimum Gasteiger partial charge on any atom is -0.367 e. The first-order chi connectivity index (χ1) is 9.61. The molecule has 0 fully saturated rings. The van der Waals surface area contributed by atoms with E-state index in [0.29, 0.717) is 12.1 Å². The van der Waals surface area contributed by atoms with E-state index in [4.69, 9.17) is 5.26 Å². The number of nitriles is 1. The maximum absolute atomic E-state index is 12.3. The third kappa shape index (κ3) is 3.04. The van der Waals surface area contributed by atoms with Gasteiger partial charge in [0.2, 0.25) is 0 Å². The van der Waals surface area contributed by atoms with E-state index in [2.05, 4.69) is 6.07 Å². The lowest BCUT2D eigenvalue weighted by atomic mass is 10.0. The number of carbonyl (C=O) groups excluding carboxylic acids is 1. The highest BCUT2D eigenvalue weighted by molar-refractivity contribution is 6.00. The standard InChI is InChI=1S/C17H16N2O/c1-13-5-3-4-6-16(13)17(20)12-19(2)15-9-7-14(11-18)8-10-15/h3-10H,12H2,1-2H3. The zero-order valence-corrected chi connectivity index (χ0v) is 11.6. The van der Waals surface area contributed by atoms with E-state index in [9.17, 15) is 4.79 Å². The molecule has 0 radical (unpaired) electrons. The van der Waals surface area contributed by atoms with Gasteiger partial charge < -0.3 is 4.90 Å². The topological polar surface area (TPSA) is 44.1 Å². The van der Waals surface area contributed by atoms with Gasteiger partial charge in [0.05, 0.1) is 18.2 Å². The van der Waals surface area contributed by atoms with Crippen molar-refractivity contribution >= 4 is 11.5 Å². The van der Waals surface area contributed by atoms with Crippen molar-refractivity contribution in [3.63, 3.8) is 0 Å². The molecule has 0 bridgehead atoms. The third-order valence-corrected chi connectivity index (χ3v) is 3.26. The first-order valence-corrected chi connectivity index (χ1v) is 6.42. The molecule has 20 heavy (non-hydrogen) atoms. The molecule has 0 N–H and O–H groups in total. The number of nitrogens with zero attached hydrogens (tertiary/aromatic N) is 2. The number of hydrogen-bond donors (Lipinski definition) is 0. The van der Waals surface area contributed by atoms with Crippen LogP contribution in [0.2, 0.25) is 0 Å². The number of ketones is 1.